The van der Waals surface area contributed by atoms with Crippen molar-refractivity contribution in [1.29, 1.82) is 0 Å². The fraction of sp³-hybridized carbons (Fsp3) is 0.0909. The highest BCUT2D eigenvalue weighted by Crippen LogP contribution is 2.09. The van der Waals surface area contributed by atoms with Crippen molar-refractivity contribution >= 4 is 15.9 Å². The van der Waals surface area contributed by atoms with Crippen LogP contribution < -0.4 is 4.72 Å². The zero-order chi connectivity index (χ0) is 13.2. The zero-order valence-electron chi connectivity index (χ0n) is 9.45. The molecule has 2 aromatic rings. The summed E-state index contributed by atoms with van der Waals surface area (Å²) in [6.45, 7) is 1.63. The van der Waals surface area contributed by atoms with Gasteiger partial charge in [-0.05, 0) is 19.1 Å². The Morgan fingerprint density at radius 1 is 1.28 bits per heavy atom. The number of amides is 1. The molecule has 0 fully saturated rings. The lowest BCUT2D eigenvalue weighted by atomic mass is 10.4. The second-order valence-corrected chi connectivity index (χ2v) is 5.26. The first-order chi connectivity index (χ1) is 8.49. The Hall–Kier alpha value is -2.15. The molecule has 1 amide bonds. The number of carbonyl (C=O) groups excluding carboxylic acids is 1. The van der Waals surface area contributed by atoms with E-state index in [1.807, 2.05) is 4.72 Å². The largest absolute Gasteiger partial charge is 0.351 e. The number of nitrogens with zero attached hydrogens (tertiary/aromatic N) is 1. The Balaban J connectivity index is 2.22. The van der Waals surface area contributed by atoms with Crippen molar-refractivity contribution < 1.29 is 17.7 Å². The lowest BCUT2D eigenvalue weighted by molar-refractivity contribution is 0.0945. The highest BCUT2D eigenvalue weighted by molar-refractivity contribution is 7.90. The van der Waals surface area contributed by atoms with Crippen LogP contribution >= 0.6 is 0 Å². The normalized spacial score (nSPS) is 11.2. The summed E-state index contributed by atoms with van der Waals surface area (Å²) in [5, 5.41) is 3.51. The quantitative estimate of drug-likeness (QED) is 0.898. The fourth-order valence-corrected chi connectivity index (χ4v) is 2.28. The van der Waals surface area contributed by atoms with Crippen molar-refractivity contribution in [2.24, 2.45) is 0 Å². The van der Waals surface area contributed by atoms with Gasteiger partial charge < -0.3 is 4.52 Å². The summed E-state index contributed by atoms with van der Waals surface area (Å²) in [5.74, 6) is -0.994. The number of benzene rings is 1. The molecular formula is C11H10N2O4S. The summed E-state index contributed by atoms with van der Waals surface area (Å²) >= 11 is 0. The van der Waals surface area contributed by atoms with Gasteiger partial charge in [-0.25, -0.2) is 13.1 Å². The van der Waals surface area contributed by atoms with Gasteiger partial charge >= 0.3 is 5.91 Å². The molecule has 1 heterocycles. The van der Waals surface area contributed by atoms with Gasteiger partial charge in [-0.3, -0.25) is 4.79 Å². The van der Waals surface area contributed by atoms with E-state index in [0.717, 1.165) is 0 Å². The van der Waals surface area contributed by atoms with Crippen LogP contribution in [0.2, 0.25) is 0 Å². The molecular weight excluding hydrogens is 256 g/mol. The summed E-state index contributed by atoms with van der Waals surface area (Å²) in [4.78, 5) is 11.6. The number of hydrogen-bond acceptors (Lipinski definition) is 5. The van der Waals surface area contributed by atoms with Crippen molar-refractivity contribution in [3.63, 3.8) is 0 Å². The van der Waals surface area contributed by atoms with E-state index in [2.05, 4.69) is 9.68 Å². The van der Waals surface area contributed by atoms with E-state index >= 15 is 0 Å². The third kappa shape index (κ3) is 2.57. The van der Waals surface area contributed by atoms with Gasteiger partial charge in [0.05, 0.1) is 10.6 Å². The van der Waals surface area contributed by atoms with Crippen LogP contribution in [-0.2, 0) is 10.0 Å². The maximum absolute atomic E-state index is 11.8. The number of hydrogen-bond donors (Lipinski definition) is 1. The van der Waals surface area contributed by atoms with Crippen LogP contribution in [0, 0.1) is 6.92 Å². The van der Waals surface area contributed by atoms with E-state index in [0.29, 0.717) is 5.69 Å². The molecule has 0 aliphatic carbocycles. The fourth-order valence-electron chi connectivity index (χ4n) is 1.30. The summed E-state index contributed by atoms with van der Waals surface area (Å²) in [7, 11) is -3.89. The molecule has 1 aromatic heterocycles. The minimum atomic E-state index is -3.89. The Kier molecular flexibility index (Phi) is 3.15. The van der Waals surface area contributed by atoms with Gasteiger partial charge in [0.1, 0.15) is 0 Å². The highest BCUT2D eigenvalue weighted by atomic mass is 32.2. The monoisotopic (exact) mass is 266 g/mol. The zero-order valence-corrected chi connectivity index (χ0v) is 10.3. The first-order valence-electron chi connectivity index (χ1n) is 5.04. The van der Waals surface area contributed by atoms with E-state index < -0.39 is 15.9 Å². The van der Waals surface area contributed by atoms with Gasteiger partial charge in [-0.2, -0.15) is 0 Å². The van der Waals surface area contributed by atoms with Crippen LogP contribution in [0.3, 0.4) is 0 Å². The number of carbonyl (C=O) groups is 1. The van der Waals surface area contributed by atoms with Gasteiger partial charge in [0.15, 0.2) is 0 Å². The average molecular weight is 266 g/mol. The Labute approximate surface area is 104 Å². The number of nitrogens with one attached hydrogen (secondary N) is 1. The molecule has 0 spiro atoms. The Morgan fingerprint density at radius 3 is 2.50 bits per heavy atom. The van der Waals surface area contributed by atoms with Gasteiger partial charge in [0.2, 0.25) is 5.76 Å². The molecule has 0 radical (unpaired) electrons. The molecule has 1 N–H and O–H groups in total. The van der Waals surface area contributed by atoms with Crippen LogP contribution in [0.5, 0.6) is 0 Å². The van der Waals surface area contributed by atoms with Crippen molar-refractivity contribution in [2.45, 2.75) is 11.8 Å². The van der Waals surface area contributed by atoms with Crippen LogP contribution in [0.15, 0.2) is 45.8 Å². The molecule has 0 saturated carbocycles. The van der Waals surface area contributed by atoms with Crippen molar-refractivity contribution in [3.8, 4) is 0 Å². The van der Waals surface area contributed by atoms with Crippen LogP contribution in [0.4, 0.5) is 0 Å². The molecule has 0 atom stereocenters. The van der Waals surface area contributed by atoms with Gasteiger partial charge in [0, 0.05) is 6.07 Å². The van der Waals surface area contributed by atoms with Crippen molar-refractivity contribution in [1.82, 2.24) is 9.88 Å². The van der Waals surface area contributed by atoms with E-state index in [4.69, 9.17) is 0 Å². The van der Waals surface area contributed by atoms with Crippen LogP contribution in [0.25, 0.3) is 0 Å². The molecule has 0 saturated heterocycles. The number of aryl methyl sites for hydroxylation is 1. The summed E-state index contributed by atoms with van der Waals surface area (Å²) in [5.41, 5.74) is 0.497. The third-order valence-corrected chi connectivity index (χ3v) is 3.48. The molecule has 7 heteroatoms. The van der Waals surface area contributed by atoms with Crippen molar-refractivity contribution in [2.75, 3.05) is 0 Å². The molecule has 0 bridgehead atoms. The first kappa shape index (κ1) is 12.3. The smallest absolute Gasteiger partial charge is 0.303 e. The maximum atomic E-state index is 11.8. The summed E-state index contributed by atoms with van der Waals surface area (Å²) in [6, 6.07) is 8.95. The average Bonchev–Trinajstić information content (AvgIpc) is 2.77. The highest BCUT2D eigenvalue weighted by Gasteiger charge is 2.20. The Bertz CT molecular complexity index is 661. The first-order valence-corrected chi connectivity index (χ1v) is 6.53. The number of aromatic nitrogens is 1. The van der Waals surface area contributed by atoms with E-state index in [1.165, 1.54) is 18.2 Å². The summed E-state index contributed by atoms with van der Waals surface area (Å²) in [6.07, 6.45) is 0. The molecule has 94 valence electrons. The topological polar surface area (TPSA) is 89.3 Å². The SMILES string of the molecule is Cc1cc(C(=O)NS(=O)(=O)c2ccccc2)on1. The van der Waals surface area contributed by atoms with Gasteiger partial charge in [-0.1, -0.05) is 23.4 Å². The molecule has 0 aliphatic rings. The second kappa shape index (κ2) is 4.61. The van der Waals surface area contributed by atoms with E-state index in [9.17, 15) is 13.2 Å². The molecule has 0 unspecified atom stereocenters. The number of sulfonamides is 1. The number of rotatable bonds is 3. The van der Waals surface area contributed by atoms with E-state index in [1.54, 1.807) is 25.1 Å². The Morgan fingerprint density at radius 2 is 1.94 bits per heavy atom. The minimum absolute atomic E-state index is 0.00888. The second-order valence-electron chi connectivity index (χ2n) is 3.58. The summed E-state index contributed by atoms with van der Waals surface area (Å²) < 4.78 is 30.2. The predicted molar refractivity (Wildman–Crippen MR) is 62.3 cm³/mol. The molecule has 1 aromatic carbocycles. The minimum Gasteiger partial charge on any atom is -0.351 e. The van der Waals surface area contributed by atoms with E-state index in [-0.39, 0.29) is 10.7 Å². The van der Waals surface area contributed by atoms with Gasteiger partial charge in [-0.15, -0.1) is 0 Å². The standard InChI is InChI=1S/C11H10N2O4S/c1-8-7-10(17-12-8)11(14)13-18(15,16)9-5-3-2-4-6-9/h2-7H,1H3,(H,13,14). The molecule has 6 nitrogen and oxygen atoms in total. The maximum Gasteiger partial charge on any atom is 0.303 e. The van der Waals surface area contributed by atoms with Crippen LogP contribution in [0.1, 0.15) is 16.2 Å². The third-order valence-electron chi connectivity index (χ3n) is 2.13. The predicted octanol–water partition coefficient (Wildman–Crippen LogP) is 1.10. The lowest BCUT2D eigenvalue weighted by Crippen LogP contribution is -2.30. The van der Waals surface area contributed by atoms with Gasteiger partial charge in [0.25, 0.3) is 10.0 Å². The molecule has 18 heavy (non-hydrogen) atoms. The van der Waals surface area contributed by atoms with Crippen LogP contribution in [-0.4, -0.2) is 19.5 Å². The molecule has 0 aliphatic heterocycles. The molecule has 2 rings (SSSR count). The van der Waals surface area contributed by atoms with Crippen molar-refractivity contribution in [3.05, 3.63) is 47.9 Å². The lowest BCUT2D eigenvalue weighted by Gasteiger charge is -2.04.